The van der Waals surface area contributed by atoms with E-state index in [2.05, 4.69) is 68.7 Å². The molecule has 0 saturated heterocycles. The summed E-state index contributed by atoms with van der Waals surface area (Å²) in [6.45, 7) is 11.0. The van der Waals surface area contributed by atoms with Gasteiger partial charge in [-0.25, -0.2) is 4.98 Å². The molecule has 4 rings (SSSR count). The van der Waals surface area contributed by atoms with E-state index in [0.717, 1.165) is 54.1 Å². The maximum absolute atomic E-state index is 13.6. The lowest BCUT2D eigenvalue weighted by Crippen LogP contribution is -2.34. The van der Waals surface area contributed by atoms with Crippen LogP contribution in [0.3, 0.4) is 0 Å². The zero-order valence-electron chi connectivity index (χ0n) is 21.8. The first-order valence-corrected chi connectivity index (χ1v) is 13.8. The normalized spacial score (nSPS) is 11.6. The van der Waals surface area contributed by atoms with Crippen molar-refractivity contribution in [3.8, 4) is 16.8 Å². The van der Waals surface area contributed by atoms with E-state index in [1.54, 1.807) is 11.3 Å². The lowest BCUT2D eigenvalue weighted by Gasteiger charge is -2.24. The summed E-state index contributed by atoms with van der Waals surface area (Å²) in [4.78, 5) is 21.7. The van der Waals surface area contributed by atoms with Crippen LogP contribution < -0.4 is 0 Å². The Bertz CT molecular complexity index is 1330. The minimum atomic E-state index is 0.0892. The molecule has 0 N–H and O–H groups in total. The predicted molar refractivity (Wildman–Crippen MR) is 150 cm³/mol. The third-order valence-corrected chi connectivity index (χ3v) is 7.66. The molecule has 4 aromatic rings. The summed E-state index contributed by atoms with van der Waals surface area (Å²) in [5, 5.41) is 10.3. The molecule has 0 saturated carbocycles. The lowest BCUT2D eigenvalue weighted by molar-refractivity contribution is 0.0741. The van der Waals surface area contributed by atoms with Gasteiger partial charge in [-0.05, 0) is 66.8 Å². The van der Waals surface area contributed by atoms with E-state index in [0.29, 0.717) is 30.4 Å². The summed E-state index contributed by atoms with van der Waals surface area (Å²) in [5.41, 5.74) is 2.55. The highest BCUT2D eigenvalue weighted by atomic mass is 32.1. The highest BCUT2D eigenvalue weighted by Crippen LogP contribution is 2.35. The molecule has 5 nitrogen and oxygen atoms in total. The molecule has 1 amide bonds. The molecular formula is C30H36N4OS. The van der Waals surface area contributed by atoms with Crippen LogP contribution in [0.1, 0.15) is 63.7 Å². The van der Waals surface area contributed by atoms with Gasteiger partial charge in [-0.15, -0.1) is 11.3 Å². The zero-order valence-corrected chi connectivity index (χ0v) is 22.6. The second-order valence-electron chi connectivity index (χ2n) is 10.4. The van der Waals surface area contributed by atoms with E-state index >= 15 is 0 Å². The molecule has 188 valence electrons. The van der Waals surface area contributed by atoms with Gasteiger partial charge in [0, 0.05) is 36.3 Å². The third-order valence-electron chi connectivity index (χ3n) is 6.55. The van der Waals surface area contributed by atoms with Crippen LogP contribution in [0.15, 0.2) is 48.5 Å². The monoisotopic (exact) mass is 500 g/mol. The number of carbonyl (C=O) groups is 1. The number of aromatic nitrogens is 2. The second-order valence-corrected chi connectivity index (χ2v) is 11.4. The number of nitrogens with zero attached hydrogens (tertiary/aromatic N) is 4. The topological polar surface area (TPSA) is 61.9 Å². The largest absolute Gasteiger partial charge is 0.339 e. The molecule has 0 aliphatic heterocycles. The number of nitriles is 1. The molecule has 2 aromatic carbocycles. The smallest absolute Gasteiger partial charge is 0.253 e. The van der Waals surface area contributed by atoms with Crippen molar-refractivity contribution in [3.05, 3.63) is 54.1 Å². The second kappa shape index (κ2) is 11.7. The van der Waals surface area contributed by atoms with E-state index in [1.165, 1.54) is 10.1 Å². The fourth-order valence-electron chi connectivity index (χ4n) is 4.40. The number of unbranched alkanes of at least 4 members (excludes halogenated alkanes) is 1. The Morgan fingerprint density at radius 1 is 1.06 bits per heavy atom. The molecule has 2 aromatic heterocycles. The van der Waals surface area contributed by atoms with E-state index in [4.69, 9.17) is 10.2 Å². The van der Waals surface area contributed by atoms with E-state index < -0.39 is 0 Å². The summed E-state index contributed by atoms with van der Waals surface area (Å²) >= 11 is 1.73. The maximum Gasteiger partial charge on any atom is 0.253 e. The van der Waals surface area contributed by atoms with Crippen molar-refractivity contribution in [2.75, 3.05) is 13.1 Å². The van der Waals surface area contributed by atoms with Crippen molar-refractivity contribution in [3.63, 3.8) is 0 Å². The van der Waals surface area contributed by atoms with Crippen molar-refractivity contribution in [2.45, 2.75) is 59.9 Å². The summed E-state index contributed by atoms with van der Waals surface area (Å²) < 4.78 is 3.42. The Labute approximate surface area is 218 Å². The summed E-state index contributed by atoms with van der Waals surface area (Å²) in [5.74, 6) is 2.09. The number of hydrogen-bond acceptors (Lipinski definition) is 4. The summed E-state index contributed by atoms with van der Waals surface area (Å²) in [7, 11) is 0. The van der Waals surface area contributed by atoms with Gasteiger partial charge in [0.1, 0.15) is 0 Å². The molecule has 0 atom stereocenters. The lowest BCUT2D eigenvalue weighted by atomic mass is 10.1. The average Bonchev–Trinajstić information content (AvgIpc) is 3.44. The van der Waals surface area contributed by atoms with Crippen molar-refractivity contribution < 1.29 is 4.79 Å². The van der Waals surface area contributed by atoms with Gasteiger partial charge in [0.15, 0.2) is 5.82 Å². The quantitative estimate of drug-likeness (QED) is 0.198. The van der Waals surface area contributed by atoms with Gasteiger partial charge in [-0.2, -0.15) is 5.26 Å². The molecule has 6 heteroatoms. The Hall–Kier alpha value is -3.17. The molecule has 36 heavy (non-hydrogen) atoms. The van der Waals surface area contributed by atoms with Crippen molar-refractivity contribution in [1.29, 1.82) is 5.26 Å². The number of aryl methyl sites for hydroxylation is 1. The van der Waals surface area contributed by atoms with Crippen LogP contribution in [0.25, 0.3) is 31.8 Å². The molecule has 2 heterocycles. The minimum absolute atomic E-state index is 0.0892. The standard InChI is InChI=1S/C30H36N4OS/c1-21(2)13-17-33(18-14-22(3)4)30(35)24-11-12-25-26(19-24)34(16-8-7-15-31)29(32-25)28-20-23-9-5-6-10-27(23)36-28/h5-6,9-12,19-22H,7-8,13-14,16-18H2,1-4H3. The highest BCUT2D eigenvalue weighted by molar-refractivity contribution is 7.22. The van der Waals surface area contributed by atoms with Crippen LogP contribution in [-0.4, -0.2) is 33.4 Å². The van der Waals surface area contributed by atoms with Crippen LogP contribution >= 0.6 is 11.3 Å². The molecule has 0 radical (unpaired) electrons. The number of benzene rings is 2. The molecule has 0 unspecified atom stereocenters. The maximum atomic E-state index is 13.6. The van der Waals surface area contributed by atoms with Gasteiger partial charge in [-0.3, -0.25) is 4.79 Å². The highest BCUT2D eigenvalue weighted by Gasteiger charge is 2.20. The Morgan fingerprint density at radius 3 is 2.44 bits per heavy atom. The van der Waals surface area contributed by atoms with Gasteiger partial charge >= 0.3 is 0 Å². The third kappa shape index (κ3) is 5.96. The number of fused-ring (bicyclic) bond motifs is 2. The summed E-state index contributed by atoms with van der Waals surface area (Å²) in [6.07, 6.45) is 3.22. The Balaban J connectivity index is 1.73. The fraction of sp³-hybridized carbons (Fsp3) is 0.433. The number of imidazole rings is 1. The number of rotatable bonds is 11. The van der Waals surface area contributed by atoms with Crippen LogP contribution in [-0.2, 0) is 6.54 Å². The number of thiophene rings is 1. The van der Waals surface area contributed by atoms with Gasteiger partial charge in [0.25, 0.3) is 5.91 Å². The van der Waals surface area contributed by atoms with Crippen molar-refractivity contribution in [2.24, 2.45) is 11.8 Å². The van der Waals surface area contributed by atoms with Crippen molar-refractivity contribution >= 4 is 38.4 Å². The van der Waals surface area contributed by atoms with E-state index in [9.17, 15) is 4.79 Å². The van der Waals surface area contributed by atoms with Crippen molar-refractivity contribution in [1.82, 2.24) is 14.5 Å². The van der Waals surface area contributed by atoms with Gasteiger partial charge in [0.05, 0.1) is 22.0 Å². The van der Waals surface area contributed by atoms with Gasteiger partial charge < -0.3 is 9.47 Å². The zero-order chi connectivity index (χ0) is 25.7. The molecule has 0 bridgehead atoms. The van der Waals surface area contributed by atoms with Crippen LogP contribution in [0.2, 0.25) is 0 Å². The Kier molecular flexibility index (Phi) is 8.43. The molecule has 0 spiro atoms. The SMILES string of the molecule is CC(C)CCN(CCC(C)C)C(=O)c1ccc2nc(-c3cc4ccccc4s3)n(CCCC#N)c2c1. The first-order valence-electron chi connectivity index (χ1n) is 13.0. The van der Waals surface area contributed by atoms with Crippen LogP contribution in [0.4, 0.5) is 0 Å². The minimum Gasteiger partial charge on any atom is -0.339 e. The van der Waals surface area contributed by atoms with Gasteiger partial charge in [-0.1, -0.05) is 45.9 Å². The average molecular weight is 501 g/mol. The molecule has 0 aliphatic carbocycles. The van der Waals surface area contributed by atoms with E-state index in [-0.39, 0.29) is 5.91 Å². The first kappa shape index (κ1) is 25.9. The summed E-state index contributed by atoms with van der Waals surface area (Å²) in [6, 6.07) is 18.7. The Morgan fingerprint density at radius 2 is 1.78 bits per heavy atom. The van der Waals surface area contributed by atoms with E-state index in [1.807, 2.05) is 23.1 Å². The number of carbonyl (C=O) groups excluding carboxylic acids is 1. The van der Waals surface area contributed by atoms with Crippen LogP contribution in [0.5, 0.6) is 0 Å². The molecule has 0 aliphatic rings. The fourth-order valence-corrected chi connectivity index (χ4v) is 5.47. The molecular weight excluding hydrogens is 464 g/mol. The molecule has 0 fully saturated rings. The first-order chi connectivity index (χ1) is 17.4. The van der Waals surface area contributed by atoms with Crippen LogP contribution in [0, 0.1) is 23.2 Å². The number of hydrogen-bond donors (Lipinski definition) is 0. The number of amides is 1. The van der Waals surface area contributed by atoms with Gasteiger partial charge in [0.2, 0.25) is 0 Å². The predicted octanol–water partition coefficient (Wildman–Crippen LogP) is 7.76.